The number of ether oxygens (including phenoxy) is 1. The topological polar surface area (TPSA) is 109 Å². The molecule has 3 rings (SSSR count). The fourth-order valence-corrected chi connectivity index (χ4v) is 2.56. The average Bonchev–Trinajstić information content (AvgIpc) is 3.19. The molecule has 0 aliphatic rings. The first-order valence-electron chi connectivity index (χ1n) is 7.97. The van der Waals surface area contributed by atoms with Crippen molar-refractivity contribution in [2.24, 2.45) is 5.73 Å². The molecule has 26 heavy (non-hydrogen) atoms. The molecular formula is C17H18ClN5O3. The van der Waals surface area contributed by atoms with Gasteiger partial charge in [-0.15, -0.1) is 0 Å². The molecule has 0 aliphatic heterocycles. The first-order valence-corrected chi connectivity index (χ1v) is 8.35. The molecule has 0 aliphatic carbocycles. The van der Waals surface area contributed by atoms with Gasteiger partial charge in [-0.25, -0.2) is 0 Å². The summed E-state index contributed by atoms with van der Waals surface area (Å²) in [7, 11) is 0. The Labute approximate surface area is 154 Å². The number of hydrogen-bond acceptors (Lipinski definition) is 6. The highest BCUT2D eigenvalue weighted by Gasteiger charge is 2.12. The predicted octanol–water partition coefficient (Wildman–Crippen LogP) is 2.31. The number of benzene rings is 1. The van der Waals surface area contributed by atoms with Gasteiger partial charge in [-0.05, 0) is 38.1 Å². The Morgan fingerprint density at radius 2 is 2.04 bits per heavy atom. The molecule has 2 heterocycles. The normalized spacial score (nSPS) is 10.9. The van der Waals surface area contributed by atoms with Crippen LogP contribution in [0.5, 0.6) is 5.75 Å². The molecule has 0 spiro atoms. The summed E-state index contributed by atoms with van der Waals surface area (Å²) < 4.78 is 12.3. The number of primary amides is 1. The summed E-state index contributed by atoms with van der Waals surface area (Å²) in [5.41, 5.74) is 7.53. The van der Waals surface area contributed by atoms with Gasteiger partial charge in [-0.3, -0.25) is 9.48 Å². The average molecular weight is 376 g/mol. The number of rotatable bonds is 7. The van der Waals surface area contributed by atoms with Crippen molar-refractivity contribution >= 4 is 17.5 Å². The summed E-state index contributed by atoms with van der Waals surface area (Å²) in [4.78, 5) is 15.1. The standard InChI is InChI=1S/C17H18ClN5O3/c1-10-16(18)11(2)23(21-10)8-7-15-20-17(22-26-15)12-3-5-13(6-4-12)25-9-14(19)24/h3-6H,7-9H2,1-2H3,(H2,19,24). The first-order chi connectivity index (χ1) is 12.4. The summed E-state index contributed by atoms with van der Waals surface area (Å²) in [6.45, 7) is 4.22. The van der Waals surface area contributed by atoms with Crippen LogP contribution in [-0.4, -0.2) is 32.4 Å². The van der Waals surface area contributed by atoms with Crippen molar-refractivity contribution in [2.75, 3.05) is 6.61 Å². The van der Waals surface area contributed by atoms with Crippen LogP contribution in [0.2, 0.25) is 5.02 Å². The lowest BCUT2D eigenvalue weighted by Crippen LogP contribution is -2.19. The minimum Gasteiger partial charge on any atom is -0.484 e. The van der Waals surface area contributed by atoms with Crippen molar-refractivity contribution in [1.29, 1.82) is 0 Å². The number of amides is 1. The van der Waals surface area contributed by atoms with Crippen LogP contribution in [0.4, 0.5) is 0 Å². The van der Waals surface area contributed by atoms with Crippen LogP contribution < -0.4 is 10.5 Å². The van der Waals surface area contributed by atoms with Crippen LogP contribution in [0.25, 0.3) is 11.4 Å². The van der Waals surface area contributed by atoms with Crippen LogP contribution >= 0.6 is 11.6 Å². The maximum absolute atomic E-state index is 10.7. The first kappa shape index (κ1) is 17.9. The number of halogens is 1. The highest BCUT2D eigenvalue weighted by molar-refractivity contribution is 6.31. The molecule has 0 saturated carbocycles. The van der Waals surface area contributed by atoms with E-state index in [1.54, 1.807) is 24.3 Å². The van der Waals surface area contributed by atoms with Gasteiger partial charge >= 0.3 is 0 Å². The monoisotopic (exact) mass is 375 g/mol. The van der Waals surface area contributed by atoms with E-state index in [9.17, 15) is 4.79 Å². The third-order valence-electron chi connectivity index (χ3n) is 3.79. The molecule has 0 unspecified atom stereocenters. The smallest absolute Gasteiger partial charge is 0.255 e. The summed E-state index contributed by atoms with van der Waals surface area (Å²) >= 11 is 6.15. The van der Waals surface area contributed by atoms with Crippen LogP contribution in [-0.2, 0) is 17.8 Å². The molecule has 0 radical (unpaired) electrons. The van der Waals surface area contributed by atoms with Gasteiger partial charge in [0.25, 0.3) is 5.91 Å². The molecule has 2 aromatic heterocycles. The van der Waals surface area contributed by atoms with Gasteiger partial charge in [-0.1, -0.05) is 16.8 Å². The molecule has 0 fully saturated rings. The van der Waals surface area contributed by atoms with E-state index in [4.69, 9.17) is 26.6 Å². The predicted molar refractivity (Wildman–Crippen MR) is 94.8 cm³/mol. The molecule has 0 atom stereocenters. The minimum absolute atomic E-state index is 0.165. The number of hydrogen-bond donors (Lipinski definition) is 1. The minimum atomic E-state index is -0.527. The molecule has 1 aromatic carbocycles. The summed E-state index contributed by atoms with van der Waals surface area (Å²) in [5.74, 6) is 1.00. The van der Waals surface area contributed by atoms with E-state index in [-0.39, 0.29) is 6.61 Å². The van der Waals surface area contributed by atoms with Gasteiger partial charge in [0.15, 0.2) is 6.61 Å². The molecule has 9 heteroatoms. The van der Waals surface area contributed by atoms with Crippen LogP contribution in [0, 0.1) is 13.8 Å². The van der Waals surface area contributed by atoms with Crippen LogP contribution in [0.15, 0.2) is 28.8 Å². The van der Waals surface area contributed by atoms with Crippen molar-refractivity contribution in [3.63, 3.8) is 0 Å². The van der Waals surface area contributed by atoms with Gasteiger partial charge in [-0.2, -0.15) is 10.1 Å². The molecule has 136 valence electrons. The van der Waals surface area contributed by atoms with E-state index in [0.29, 0.717) is 35.5 Å². The van der Waals surface area contributed by atoms with Gasteiger partial charge in [0, 0.05) is 12.0 Å². The third kappa shape index (κ3) is 4.02. The summed E-state index contributed by atoms with van der Waals surface area (Å²) in [6.07, 6.45) is 0.547. The number of nitrogens with zero attached hydrogens (tertiary/aromatic N) is 4. The fraction of sp³-hybridized carbons (Fsp3) is 0.294. The molecule has 0 bridgehead atoms. The zero-order valence-electron chi connectivity index (χ0n) is 14.4. The van der Waals surface area contributed by atoms with Gasteiger partial charge in [0.05, 0.1) is 23.0 Å². The van der Waals surface area contributed by atoms with E-state index in [1.807, 2.05) is 18.5 Å². The fourth-order valence-electron chi connectivity index (χ4n) is 2.42. The van der Waals surface area contributed by atoms with Gasteiger partial charge in [0.1, 0.15) is 5.75 Å². The van der Waals surface area contributed by atoms with E-state index in [0.717, 1.165) is 17.0 Å². The van der Waals surface area contributed by atoms with Gasteiger partial charge < -0.3 is 15.0 Å². The van der Waals surface area contributed by atoms with E-state index in [1.165, 1.54) is 0 Å². The number of aryl methyl sites for hydroxylation is 3. The van der Waals surface area contributed by atoms with Crippen LogP contribution in [0.3, 0.4) is 0 Å². The highest BCUT2D eigenvalue weighted by atomic mass is 35.5. The summed E-state index contributed by atoms with van der Waals surface area (Å²) in [5, 5.41) is 9.04. The second-order valence-corrected chi connectivity index (χ2v) is 6.13. The molecule has 0 saturated heterocycles. The molecule has 8 nitrogen and oxygen atoms in total. The Kier molecular flexibility index (Phi) is 5.22. The molecule has 2 N–H and O–H groups in total. The van der Waals surface area contributed by atoms with Crippen molar-refractivity contribution in [1.82, 2.24) is 19.9 Å². The van der Waals surface area contributed by atoms with E-state index in [2.05, 4.69) is 15.2 Å². The number of nitrogens with two attached hydrogens (primary N) is 1. The molecular weight excluding hydrogens is 358 g/mol. The van der Waals surface area contributed by atoms with Crippen molar-refractivity contribution in [3.05, 3.63) is 46.6 Å². The quantitative estimate of drug-likeness (QED) is 0.678. The second-order valence-electron chi connectivity index (χ2n) is 5.75. The highest BCUT2D eigenvalue weighted by Crippen LogP contribution is 2.21. The number of carbonyl (C=O) groups excluding carboxylic acids is 1. The largest absolute Gasteiger partial charge is 0.484 e. The summed E-state index contributed by atoms with van der Waals surface area (Å²) in [6, 6.07) is 7.00. The van der Waals surface area contributed by atoms with Crippen molar-refractivity contribution < 1.29 is 14.1 Å². The zero-order chi connectivity index (χ0) is 18.7. The SMILES string of the molecule is Cc1nn(CCc2nc(-c3ccc(OCC(N)=O)cc3)no2)c(C)c1Cl. The maximum atomic E-state index is 10.7. The number of aromatic nitrogens is 4. The van der Waals surface area contributed by atoms with E-state index >= 15 is 0 Å². The van der Waals surface area contributed by atoms with Crippen molar-refractivity contribution in [2.45, 2.75) is 26.8 Å². The lowest BCUT2D eigenvalue weighted by Gasteiger charge is -2.03. The Morgan fingerprint density at radius 1 is 1.31 bits per heavy atom. The lowest BCUT2D eigenvalue weighted by atomic mass is 10.2. The Bertz CT molecular complexity index is 917. The van der Waals surface area contributed by atoms with Gasteiger partial charge in [0.2, 0.25) is 11.7 Å². The second kappa shape index (κ2) is 7.57. The third-order valence-corrected chi connectivity index (χ3v) is 4.34. The lowest BCUT2D eigenvalue weighted by molar-refractivity contribution is -0.119. The molecule has 1 amide bonds. The Morgan fingerprint density at radius 3 is 2.65 bits per heavy atom. The zero-order valence-corrected chi connectivity index (χ0v) is 15.2. The Balaban J connectivity index is 1.64. The number of carbonyl (C=O) groups is 1. The van der Waals surface area contributed by atoms with Crippen molar-refractivity contribution in [3.8, 4) is 17.1 Å². The maximum Gasteiger partial charge on any atom is 0.255 e. The molecule has 3 aromatic rings. The van der Waals surface area contributed by atoms with Crippen LogP contribution in [0.1, 0.15) is 17.3 Å². The van der Waals surface area contributed by atoms with E-state index < -0.39 is 5.91 Å². The Hall–Kier alpha value is -2.87.